The van der Waals surface area contributed by atoms with Gasteiger partial charge in [-0.1, -0.05) is 0 Å². The number of anilines is 1. The number of aliphatic hydroxyl groups excluding tert-OH is 1. The number of nitrogens with zero attached hydrogens (tertiary/aromatic N) is 2. The van der Waals surface area contributed by atoms with Crippen LogP contribution < -0.4 is 4.90 Å². The number of hydrogen-bond acceptors (Lipinski definition) is 5. The quantitative estimate of drug-likeness (QED) is 0.788. The van der Waals surface area contributed by atoms with Crippen molar-refractivity contribution in [3.8, 4) is 0 Å². The molecule has 5 nitrogen and oxygen atoms in total. The summed E-state index contributed by atoms with van der Waals surface area (Å²) in [7, 11) is 3.74. The third kappa shape index (κ3) is 2.90. The third-order valence-corrected chi connectivity index (χ3v) is 3.28. The minimum absolute atomic E-state index is 0.118. The normalized spacial score (nSPS) is 12.5. The molecule has 84 valence electrons. The molecule has 6 heteroatoms. The van der Waals surface area contributed by atoms with Crippen LogP contribution in [0.2, 0.25) is 0 Å². The van der Waals surface area contributed by atoms with Crippen LogP contribution in [-0.4, -0.2) is 41.4 Å². The fourth-order valence-corrected chi connectivity index (χ4v) is 2.08. The van der Waals surface area contributed by atoms with Crippen LogP contribution in [0.5, 0.6) is 0 Å². The average Bonchev–Trinajstić information content (AvgIpc) is 2.47. The summed E-state index contributed by atoms with van der Waals surface area (Å²) in [6.07, 6.45) is -1.23. The van der Waals surface area contributed by atoms with Crippen molar-refractivity contribution < 1.29 is 15.0 Å². The summed E-state index contributed by atoms with van der Waals surface area (Å²) in [6.45, 7) is 1.81. The number of carbonyl (C=O) groups is 1. The first kappa shape index (κ1) is 11.9. The molecule has 1 aromatic heterocycles. The van der Waals surface area contributed by atoms with E-state index in [4.69, 9.17) is 5.11 Å². The zero-order valence-corrected chi connectivity index (χ0v) is 9.71. The number of aliphatic carboxylic acids is 1. The summed E-state index contributed by atoms with van der Waals surface area (Å²) >= 11 is 1.40. The lowest BCUT2D eigenvalue weighted by Gasteiger charge is -2.05. The molecule has 0 aliphatic heterocycles. The lowest BCUT2D eigenvalue weighted by Crippen LogP contribution is -2.21. The van der Waals surface area contributed by atoms with Crippen LogP contribution in [0, 0.1) is 6.92 Å². The van der Waals surface area contributed by atoms with Gasteiger partial charge in [-0.3, -0.25) is 0 Å². The maximum atomic E-state index is 10.5. The van der Waals surface area contributed by atoms with Crippen molar-refractivity contribution >= 4 is 22.4 Å². The van der Waals surface area contributed by atoms with E-state index in [1.807, 2.05) is 25.9 Å². The first-order chi connectivity index (χ1) is 6.91. The van der Waals surface area contributed by atoms with E-state index >= 15 is 0 Å². The van der Waals surface area contributed by atoms with E-state index in [1.54, 1.807) is 0 Å². The van der Waals surface area contributed by atoms with Gasteiger partial charge in [0.25, 0.3) is 0 Å². The Bertz CT molecular complexity index is 362. The Hall–Kier alpha value is -1.14. The lowest BCUT2D eigenvalue weighted by atomic mass is 10.2. The van der Waals surface area contributed by atoms with Crippen LogP contribution in [-0.2, 0) is 11.2 Å². The van der Waals surface area contributed by atoms with Crippen molar-refractivity contribution in [2.45, 2.75) is 19.4 Å². The zero-order chi connectivity index (χ0) is 11.6. The molecule has 0 fully saturated rings. The molecule has 2 N–H and O–H groups in total. The van der Waals surface area contributed by atoms with Crippen LogP contribution in [0.4, 0.5) is 5.13 Å². The van der Waals surface area contributed by atoms with Crippen molar-refractivity contribution in [1.29, 1.82) is 0 Å². The van der Waals surface area contributed by atoms with Gasteiger partial charge in [0.2, 0.25) is 0 Å². The van der Waals surface area contributed by atoms with Crippen molar-refractivity contribution in [2.75, 3.05) is 19.0 Å². The van der Waals surface area contributed by atoms with E-state index in [-0.39, 0.29) is 6.42 Å². The van der Waals surface area contributed by atoms with E-state index in [2.05, 4.69) is 4.98 Å². The monoisotopic (exact) mass is 230 g/mol. The molecule has 15 heavy (non-hydrogen) atoms. The van der Waals surface area contributed by atoms with E-state index in [0.29, 0.717) is 0 Å². The van der Waals surface area contributed by atoms with Gasteiger partial charge in [0, 0.05) is 25.4 Å². The first-order valence-corrected chi connectivity index (χ1v) is 5.28. The number of aliphatic hydroxyl groups is 1. The number of rotatable bonds is 4. The zero-order valence-electron chi connectivity index (χ0n) is 8.89. The van der Waals surface area contributed by atoms with E-state index in [9.17, 15) is 9.90 Å². The van der Waals surface area contributed by atoms with E-state index in [0.717, 1.165) is 15.7 Å². The van der Waals surface area contributed by atoms with Gasteiger partial charge in [0.05, 0.1) is 5.69 Å². The predicted molar refractivity (Wildman–Crippen MR) is 58.5 cm³/mol. The number of thiazole rings is 1. The van der Waals surface area contributed by atoms with E-state index in [1.165, 1.54) is 11.3 Å². The molecule has 0 radical (unpaired) electrons. The largest absolute Gasteiger partial charge is 0.479 e. The minimum Gasteiger partial charge on any atom is -0.479 e. The number of hydrogen-bond donors (Lipinski definition) is 2. The molecular formula is C9H14N2O3S. The molecule has 0 amide bonds. The Kier molecular flexibility index (Phi) is 3.65. The topological polar surface area (TPSA) is 73.7 Å². The molecule has 0 aliphatic carbocycles. The molecule has 1 heterocycles. The SMILES string of the molecule is Cc1nc(N(C)C)sc1CC(O)C(=O)O. The Morgan fingerprint density at radius 2 is 2.20 bits per heavy atom. The minimum atomic E-state index is -1.35. The highest BCUT2D eigenvalue weighted by Gasteiger charge is 2.18. The van der Waals surface area contributed by atoms with E-state index < -0.39 is 12.1 Å². The van der Waals surface area contributed by atoms with Gasteiger partial charge < -0.3 is 15.1 Å². The Morgan fingerprint density at radius 3 is 2.60 bits per heavy atom. The second-order valence-electron chi connectivity index (χ2n) is 3.46. The fraction of sp³-hybridized carbons (Fsp3) is 0.556. The maximum Gasteiger partial charge on any atom is 0.332 e. The summed E-state index contributed by atoms with van der Waals surface area (Å²) < 4.78 is 0. The summed E-state index contributed by atoms with van der Waals surface area (Å²) in [5, 5.41) is 18.6. The molecule has 0 saturated heterocycles. The van der Waals surface area contributed by atoms with Crippen LogP contribution >= 0.6 is 11.3 Å². The van der Waals surface area contributed by atoms with Crippen molar-refractivity contribution in [2.24, 2.45) is 0 Å². The number of aryl methyl sites for hydroxylation is 1. The highest BCUT2D eigenvalue weighted by atomic mass is 32.1. The predicted octanol–water partition coefficient (Wildman–Crippen LogP) is 0.506. The Morgan fingerprint density at radius 1 is 1.60 bits per heavy atom. The molecule has 0 aliphatic rings. The Balaban J connectivity index is 2.81. The number of aromatic nitrogens is 1. The lowest BCUT2D eigenvalue weighted by molar-refractivity contribution is -0.146. The second-order valence-corrected chi connectivity index (χ2v) is 4.52. The van der Waals surface area contributed by atoms with Crippen LogP contribution in [0.25, 0.3) is 0 Å². The van der Waals surface area contributed by atoms with Gasteiger partial charge in [-0.05, 0) is 6.92 Å². The highest BCUT2D eigenvalue weighted by Crippen LogP contribution is 2.25. The summed E-state index contributed by atoms with van der Waals surface area (Å²) in [4.78, 5) is 17.4. The fourth-order valence-electron chi connectivity index (χ4n) is 1.06. The molecule has 1 atom stereocenters. The third-order valence-electron chi connectivity index (χ3n) is 1.93. The van der Waals surface area contributed by atoms with Gasteiger partial charge in [-0.2, -0.15) is 0 Å². The van der Waals surface area contributed by atoms with Crippen LogP contribution in [0.15, 0.2) is 0 Å². The molecule has 0 aromatic carbocycles. The summed E-state index contributed by atoms with van der Waals surface area (Å²) in [5.74, 6) is -1.20. The van der Waals surface area contributed by atoms with Crippen molar-refractivity contribution in [3.63, 3.8) is 0 Å². The van der Waals surface area contributed by atoms with Crippen LogP contribution in [0.3, 0.4) is 0 Å². The smallest absolute Gasteiger partial charge is 0.332 e. The van der Waals surface area contributed by atoms with Crippen molar-refractivity contribution in [3.05, 3.63) is 10.6 Å². The van der Waals surface area contributed by atoms with Gasteiger partial charge in [0.1, 0.15) is 0 Å². The van der Waals surface area contributed by atoms with Gasteiger partial charge in [-0.25, -0.2) is 9.78 Å². The molecule has 0 saturated carbocycles. The Labute approximate surface area is 92.0 Å². The molecule has 1 rings (SSSR count). The summed E-state index contributed by atoms with van der Waals surface area (Å²) in [6, 6.07) is 0. The van der Waals surface area contributed by atoms with Gasteiger partial charge >= 0.3 is 5.97 Å². The number of carboxylic acid groups (broad SMARTS) is 1. The molecule has 0 bridgehead atoms. The molecule has 1 unspecified atom stereocenters. The molecular weight excluding hydrogens is 216 g/mol. The maximum absolute atomic E-state index is 10.5. The second kappa shape index (κ2) is 4.59. The van der Waals surface area contributed by atoms with Gasteiger partial charge in [-0.15, -0.1) is 11.3 Å². The highest BCUT2D eigenvalue weighted by molar-refractivity contribution is 7.15. The average molecular weight is 230 g/mol. The van der Waals surface area contributed by atoms with Crippen LogP contribution in [0.1, 0.15) is 10.6 Å². The molecule has 0 spiro atoms. The van der Waals surface area contributed by atoms with Gasteiger partial charge in [0.15, 0.2) is 11.2 Å². The molecule has 1 aromatic rings. The number of carboxylic acids is 1. The van der Waals surface area contributed by atoms with Crippen molar-refractivity contribution in [1.82, 2.24) is 4.98 Å². The first-order valence-electron chi connectivity index (χ1n) is 4.46. The standard InChI is InChI=1S/C9H14N2O3S/c1-5-7(4-6(12)8(13)14)15-9(10-5)11(2)3/h6,12H,4H2,1-3H3,(H,13,14). The summed E-state index contributed by atoms with van der Waals surface area (Å²) in [5.41, 5.74) is 0.781.